The molecule has 0 aliphatic heterocycles. The molecule has 0 unspecified atom stereocenters. The zero-order valence-corrected chi connectivity index (χ0v) is 15.3. The smallest absolute Gasteiger partial charge is 0.278 e. The van der Waals surface area contributed by atoms with Crippen molar-refractivity contribution >= 4 is 23.2 Å². The number of aryl methyl sites for hydroxylation is 2. The summed E-state index contributed by atoms with van der Waals surface area (Å²) in [6, 6.07) is 14.8. The van der Waals surface area contributed by atoms with Crippen molar-refractivity contribution in [2.24, 2.45) is 0 Å². The van der Waals surface area contributed by atoms with Gasteiger partial charge in [-0.2, -0.15) is 0 Å². The molecule has 1 aromatic heterocycles. The number of carbonyl (C=O) groups excluding carboxylic acids is 1. The summed E-state index contributed by atoms with van der Waals surface area (Å²) in [5, 5.41) is 7.21. The molecule has 0 fully saturated rings. The van der Waals surface area contributed by atoms with Crippen LogP contribution in [0.4, 0.5) is 5.69 Å². The molecule has 1 heterocycles. The zero-order valence-electron chi connectivity index (χ0n) is 14.6. The number of rotatable bonds is 6. The number of aromatic nitrogens is 1. The van der Waals surface area contributed by atoms with Gasteiger partial charge < -0.3 is 14.6 Å². The van der Waals surface area contributed by atoms with Crippen LogP contribution in [0.1, 0.15) is 34.3 Å². The first-order valence-electron chi connectivity index (χ1n) is 8.31. The van der Waals surface area contributed by atoms with Gasteiger partial charge in [0.2, 0.25) is 0 Å². The molecule has 3 rings (SSSR count). The maximum atomic E-state index is 12.6. The van der Waals surface area contributed by atoms with E-state index in [4.69, 9.17) is 20.9 Å². The van der Waals surface area contributed by atoms with Crippen LogP contribution in [0.15, 0.2) is 53.1 Å². The Balaban J connectivity index is 1.73. The number of anilines is 1. The van der Waals surface area contributed by atoms with Crippen molar-refractivity contribution < 1.29 is 14.1 Å². The largest absolute Gasteiger partial charge is 0.487 e. The van der Waals surface area contributed by atoms with E-state index in [9.17, 15) is 4.79 Å². The lowest BCUT2D eigenvalue weighted by molar-refractivity contribution is 0.101. The Hall–Kier alpha value is -2.79. The molecule has 0 saturated carbocycles. The fourth-order valence-corrected chi connectivity index (χ4v) is 2.66. The fraction of sp³-hybridized carbons (Fsp3) is 0.200. The van der Waals surface area contributed by atoms with E-state index in [-0.39, 0.29) is 18.2 Å². The SMILES string of the molecule is CCc1ccc(NC(=O)c2noc(C)c2COc2ccccc2Cl)cc1. The minimum atomic E-state index is -0.344. The first-order valence-corrected chi connectivity index (χ1v) is 8.69. The number of ether oxygens (including phenoxy) is 1. The molecular formula is C20H19ClN2O3. The number of para-hydroxylation sites is 1. The number of carbonyl (C=O) groups is 1. The number of hydrogen-bond donors (Lipinski definition) is 1. The minimum absolute atomic E-state index is 0.136. The zero-order chi connectivity index (χ0) is 18.5. The number of halogens is 1. The Morgan fingerprint density at radius 1 is 1.19 bits per heavy atom. The number of amides is 1. The molecule has 1 N–H and O–H groups in total. The summed E-state index contributed by atoms with van der Waals surface area (Å²) >= 11 is 6.10. The average molecular weight is 371 g/mol. The van der Waals surface area contributed by atoms with Crippen LogP contribution in [0.3, 0.4) is 0 Å². The molecule has 0 aliphatic rings. The van der Waals surface area contributed by atoms with E-state index in [0.29, 0.717) is 27.8 Å². The Morgan fingerprint density at radius 2 is 1.92 bits per heavy atom. The van der Waals surface area contributed by atoms with Crippen LogP contribution >= 0.6 is 11.6 Å². The topological polar surface area (TPSA) is 64.4 Å². The van der Waals surface area contributed by atoms with E-state index in [2.05, 4.69) is 17.4 Å². The van der Waals surface area contributed by atoms with Gasteiger partial charge in [-0.25, -0.2) is 0 Å². The van der Waals surface area contributed by atoms with Gasteiger partial charge in [0, 0.05) is 5.69 Å². The lowest BCUT2D eigenvalue weighted by atomic mass is 10.1. The predicted molar refractivity (Wildman–Crippen MR) is 101 cm³/mol. The predicted octanol–water partition coefficient (Wildman–Crippen LogP) is 5.03. The number of nitrogens with one attached hydrogen (secondary N) is 1. The molecule has 0 aliphatic carbocycles. The van der Waals surface area contributed by atoms with Gasteiger partial charge in [-0.05, 0) is 43.2 Å². The standard InChI is InChI=1S/C20H19ClN2O3/c1-3-14-8-10-15(11-9-14)22-20(24)19-16(13(2)26-23-19)12-25-18-7-5-4-6-17(18)21/h4-11H,3,12H2,1-2H3,(H,22,24). The third kappa shape index (κ3) is 4.06. The van der Waals surface area contributed by atoms with Gasteiger partial charge >= 0.3 is 0 Å². The Bertz CT molecular complexity index is 904. The molecule has 2 aromatic carbocycles. The highest BCUT2D eigenvalue weighted by atomic mass is 35.5. The van der Waals surface area contributed by atoms with Gasteiger partial charge in [-0.1, -0.05) is 47.9 Å². The molecule has 6 heteroatoms. The van der Waals surface area contributed by atoms with Crippen LogP contribution < -0.4 is 10.1 Å². The molecule has 3 aromatic rings. The molecule has 1 amide bonds. The summed E-state index contributed by atoms with van der Waals surface area (Å²) in [6.07, 6.45) is 0.945. The second kappa shape index (κ2) is 8.06. The number of hydrogen-bond acceptors (Lipinski definition) is 4. The molecule has 26 heavy (non-hydrogen) atoms. The number of benzene rings is 2. The summed E-state index contributed by atoms with van der Waals surface area (Å²) in [5.74, 6) is 0.726. The van der Waals surface area contributed by atoms with Crippen molar-refractivity contribution in [3.8, 4) is 5.75 Å². The third-order valence-electron chi connectivity index (χ3n) is 4.03. The molecular weight excluding hydrogens is 352 g/mol. The second-order valence-corrected chi connectivity index (χ2v) is 6.20. The first kappa shape index (κ1) is 18.0. The molecule has 0 radical (unpaired) electrons. The maximum absolute atomic E-state index is 12.6. The first-order chi connectivity index (χ1) is 12.6. The lowest BCUT2D eigenvalue weighted by Crippen LogP contribution is -2.15. The number of nitrogens with zero attached hydrogens (tertiary/aromatic N) is 1. The van der Waals surface area contributed by atoms with Gasteiger partial charge in [-0.3, -0.25) is 4.79 Å². The molecule has 134 valence electrons. The fourth-order valence-electron chi connectivity index (χ4n) is 2.47. The van der Waals surface area contributed by atoms with Gasteiger partial charge in [0.15, 0.2) is 5.69 Å². The minimum Gasteiger partial charge on any atom is -0.487 e. The summed E-state index contributed by atoms with van der Waals surface area (Å²) in [7, 11) is 0. The van der Waals surface area contributed by atoms with Gasteiger partial charge in [0.05, 0.1) is 10.6 Å². The Kier molecular flexibility index (Phi) is 5.58. The van der Waals surface area contributed by atoms with Crippen LogP contribution in [0.5, 0.6) is 5.75 Å². The highest BCUT2D eigenvalue weighted by Crippen LogP contribution is 2.25. The van der Waals surface area contributed by atoms with Gasteiger partial charge in [0.25, 0.3) is 5.91 Å². The van der Waals surface area contributed by atoms with E-state index in [0.717, 1.165) is 6.42 Å². The normalized spacial score (nSPS) is 10.6. The van der Waals surface area contributed by atoms with Crippen molar-refractivity contribution in [3.05, 3.63) is 76.1 Å². The maximum Gasteiger partial charge on any atom is 0.278 e. The highest BCUT2D eigenvalue weighted by molar-refractivity contribution is 6.32. The molecule has 0 saturated heterocycles. The summed E-state index contributed by atoms with van der Waals surface area (Å²) in [4.78, 5) is 12.6. The van der Waals surface area contributed by atoms with E-state index in [1.54, 1.807) is 19.1 Å². The van der Waals surface area contributed by atoms with Crippen LogP contribution in [0.2, 0.25) is 5.02 Å². The molecule has 5 nitrogen and oxygen atoms in total. The van der Waals surface area contributed by atoms with Crippen LogP contribution in [0, 0.1) is 6.92 Å². The van der Waals surface area contributed by atoms with E-state index < -0.39 is 0 Å². The molecule has 0 bridgehead atoms. The quantitative estimate of drug-likeness (QED) is 0.660. The Labute approximate surface area is 156 Å². The second-order valence-electron chi connectivity index (χ2n) is 5.79. The van der Waals surface area contributed by atoms with Crippen LogP contribution in [-0.4, -0.2) is 11.1 Å². The van der Waals surface area contributed by atoms with Crippen LogP contribution in [-0.2, 0) is 13.0 Å². The van der Waals surface area contributed by atoms with Crippen molar-refractivity contribution in [3.63, 3.8) is 0 Å². The summed E-state index contributed by atoms with van der Waals surface area (Å²) in [6.45, 7) is 3.96. The highest BCUT2D eigenvalue weighted by Gasteiger charge is 2.21. The molecule has 0 atom stereocenters. The van der Waals surface area contributed by atoms with Crippen molar-refractivity contribution in [1.29, 1.82) is 0 Å². The lowest BCUT2D eigenvalue weighted by Gasteiger charge is -2.09. The average Bonchev–Trinajstić information content (AvgIpc) is 3.02. The van der Waals surface area contributed by atoms with Crippen molar-refractivity contribution in [1.82, 2.24) is 5.16 Å². The van der Waals surface area contributed by atoms with E-state index in [1.807, 2.05) is 36.4 Å². The van der Waals surface area contributed by atoms with Crippen molar-refractivity contribution in [2.75, 3.05) is 5.32 Å². The summed E-state index contributed by atoms with van der Waals surface area (Å²) < 4.78 is 10.9. The third-order valence-corrected chi connectivity index (χ3v) is 4.34. The monoisotopic (exact) mass is 370 g/mol. The van der Waals surface area contributed by atoms with E-state index >= 15 is 0 Å². The molecule has 0 spiro atoms. The van der Waals surface area contributed by atoms with E-state index in [1.165, 1.54) is 5.56 Å². The summed E-state index contributed by atoms with van der Waals surface area (Å²) in [5.41, 5.74) is 2.70. The van der Waals surface area contributed by atoms with Crippen molar-refractivity contribution in [2.45, 2.75) is 26.9 Å². The Morgan fingerprint density at radius 3 is 2.62 bits per heavy atom. The van der Waals surface area contributed by atoms with Crippen LogP contribution in [0.25, 0.3) is 0 Å². The van der Waals surface area contributed by atoms with Gasteiger partial charge in [-0.15, -0.1) is 0 Å². The van der Waals surface area contributed by atoms with Gasteiger partial charge in [0.1, 0.15) is 18.1 Å².